The molecule has 31 heavy (non-hydrogen) atoms. The molecule has 164 valence electrons. The van der Waals surface area contributed by atoms with Gasteiger partial charge < -0.3 is 14.0 Å². The van der Waals surface area contributed by atoms with E-state index in [2.05, 4.69) is 14.9 Å². The molecule has 10 heteroatoms. The lowest BCUT2D eigenvalue weighted by Crippen LogP contribution is -2.36. The molecule has 1 fully saturated rings. The van der Waals surface area contributed by atoms with Crippen LogP contribution < -0.4 is 14.2 Å². The average Bonchev–Trinajstić information content (AvgIpc) is 3.40. The molecule has 9 nitrogen and oxygen atoms in total. The molecule has 1 aromatic heterocycles. The second-order valence-electron chi connectivity index (χ2n) is 7.37. The van der Waals surface area contributed by atoms with Gasteiger partial charge in [0.05, 0.1) is 25.2 Å². The van der Waals surface area contributed by atoms with Crippen LogP contribution in [0.5, 0.6) is 11.5 Å². The van der Waals surface area contributed by atoms with Crippen LogP contribution in [0, 0.1) is 0 Å². The molecule has 2 atom stereocenters. The maximum atomic E-state index is 12.7. The van der Waals surface area contributed by atoms with Gasteiger partial charge in [-0.15, -0.1) is 0 Å². The topological polar surface area (TPSA) is 107 Å². The highest BCUT2D eigenvalue weighted by Crippen LogP contribution is 2.32. The Kier molecular flexibility index (Phi) is 5.94. The minimum Gasteiger partial charge on any atom is -0.497 e. The quantitative estimate of drug-likeness (QED) is 0.592. The number of sulfonamides is 1. The van der Waals surface area contributed by atoms with E-state index in [1.54, 1.807) is 19.2 Å². The summed E-state index contributed by atoms with van der Waals surface area (Å²) in [6.07, 6.45) is 0.524. The van der Waals surface area contributed by atoms with Gasteiger partial charge in [-0.05, 0) is 62.0 Å². The summed E-state index contributed by atoms with van der Waals surface area (Å²) >= 11 is 0. The summed E-state index contributed by atoms with van der Waals surface area (Å²) in [7, 11) is 1.40. The fraction of sp³-hybridized carbons (Fsp3) is 0.333. The Bertz CT molecular complexity index is 1130. The number of aromatic nitrogens is 2. The van der Waals surface area contributed by atoms with Crippen LogP contribution in [0.1, 0.15) is 18.4 Å². The van der Waals surface area contributed by atoms with Gasteiger partial charge in [0, 0.05) is 18.2 Å². The molecular formula is C21H24N4O5S. The lowest BCUT2D eigenvalue weighted by Gasteiger charge is -2.14. The zero-order valence-corrected chi connectivity index (χ0v) is 18.3. The van der Waals surface area contributed by atoms with Gasteiger partial charge in [0.1, 0.15) is 11.5 Å². The summed E-state index contributed by atoms with van der Waals surface area (Å²) < 4.78 is 44.0. The Balaban J connectivity index is 1.45. The van der Waals surface area contributed by atoms with Crippen LogP contribution in [0.25, 0.3) is 11.4 Å². The first-order chi connectivity index (χ1) is 14.9. The van der Waals surface area contributed by atoms with E-state index in [1.807, 2.05) is 36.2 Å². The van der Waals surface area contributed by atoms with E-state index in [-0.39, 0.29) is 17.0 Å². The average molecular weight is 445 g/mol. The molecule has 2 heterocycles. The maximum Gasteiger partial charge on any atom is 0.244 e. The number of nitrogens with one attached hydrogen (secondary N) is 1. The van der Waals surface area contributed by atoms with Gasteiger partial charge in [-0.25, -0.2) is 13.1 Å². The molecule has 1 N–H and O–H groups in total. The number of rotatable bonds is 7. The van der Waals surface area contributed by atoms with Crippen molar-refractivity contribution in [1.29, 1.82) is 0 Å². The summed E-state index contributed by atoms with van der Waals surface area (Å²) in [5.41, 5.74) is 0.813. The summed E-state index contributed by atoms with van der Waals surface area (Å²) in [5, 5.41) is 4.08. The summed E-state index contributed by atoms with van der Waals surface area (Å²) in [5.74, 6) is 2.28. The van der Waals surface area contributed by atoms with Gasteiger partial charge in [-0.1, -0.05) is 5.16 Å². The monoisotopic (exact) mass is 444 g/mol. The Labute approximate surface area is 181 Å². The van der Waals surface area contributed by atoms with Gasteiger partial charge in [-0.3, -0.25) is 4.90 Å². The van der Waals surface area contributed by atoms with Crippen LogP contribution in [0.4, 0.5) is 0 Å². The first-order valence-electron chi connectivity index (χ1n) is 9.74. The first-order valence-corrected chi connectivity index (χ1v) is 11.2. The van der Waals surface area contributed by atoms with Crippen molar-refractivity contribution in [3.63, 3.8) is 0 Å². The molecule has 1 saturated heterocycles. The van der Waals surface area contributed by atoms with E-state index in [4.69, 9.17) is 14.0 Å². The maximum absolute atomic E-state index is 12.7. The fourth-order valence-electron chi connectivity index (χ4n) is 3.64. The molecule has 0 bridgehead atoms. The number of likely N-dealkylation sites (N-methyl/N-ethyl adjacent to an activating group) is 1. The van der Waals surface area contributed by atoms with Crippen LogP contribution >= 0.6 is 0 Å². The largest absolute Gasteiger partial charge is 0.497 e. The number of nitrogens with zero attached hydrogens (tertiary/aromatic N) is 3. The smallest absolute Gasteiger partial charge is 0.244 e. The highest BCUT2D eigenvalue weighted by molar-refractivity contribution is 7.89. The molecule has 0 radical (unpaired) electrons. The van der Waals surface area contributed by atoms with Crippen LogP contribution in [0.2, 0.25) is 0 Å². The second-order valence-corrected chi connectivity index (χ2v) is 9.08. The number of likely N-dealkylation sites (tertiary alicyclic amines) is 1. The van der Waals surface area contributed by atoms with E-state index in [0.717, 1.165) is 11.3 Å². The molecule has 1 aliphatic heterocycles. The zero-order chi connectivity index (χ0) is 22.0. The van der Waals surface area contributed by atoms with E-state index >= 15 is 0 Å². The third kappa shape index (κ3) is 4.55. The Morgan fingerprint density at radius 2 is 1.65 bits per heavy atom. The summed E-state index contributed by atoms with van der Waals surface area (Å²) in [6, 6.07) is 13.2. The van der Waals surface area contributed by atoms with Gasteiger partial charge in [0.15, 0.2) is 0 Å². The Hall–Kier alpha value is -2.95. The molecule has 3 aromatic rings. The molecule has 0 spiro atoms. The lowest BCUT2D eigenvalue weighted by atomic mass is 10.2. The van der Waals surface area contributed by atoms with Crippen LogP contribution in [-0.4, -0.2) is 57.3 Å². The first kappa shape index (κ1) is 21.3. The standard InChI is InChI=1S/C21H24N4O5S/c1-25-13-15(24-31(26,27)18-10-8-17(29-3)9-11-18)12-19(25)21-22-20(23-30-21)14-4-6-16(28-2)7-5-14/h4-11,15,19,24H,12-13H2,1-3H3. The van der Waals surface area contributed by atoms with Crippen LogP contribution in [0.3, 0.4) is 0 Å². The van der Waals surface area contributed by atoms with Crippen LogP contribution in [0.15, 0.2) is 57.9 Å². The van der Waals surface area contributed by atoms with Gasteiger partial charge in [0.2, 0.25) is 21.7 Å². The number of hydrogen-bond acceptors (Lipinski definition) is 8. The van der Waals surface area contributed by atoms with Crippen molar-refractivity contribution in [3.05, 3.63) is 54.4 Å². The van der Waals surface area contributed by atoms with Crippen molar-refractivity contribution in [2.24, 2.45) is 0 Å². The lowest BCUT2D eigenvalue weighted by molar-refractivity contribution is 0.244. The van der Waals surface area contributed by atoms with Gasteiger partial charge in [0.25, 0.3) is 0 Å². The predicted octanol–water partition coefficient (Wildman–Crippen LogP) is 2.48. The highest BCUT2D eigenvalue weighted by atomic mass is 32.2. The van der Waals surface area contributed by atoms with Crippen molar-refractivity contribution in [2.75, 3.05) is 27.8 Å². The molecular weight excluding hydrogens is 420 g/mol. The van der Waals surface area contributed by atoms with E-state index in [0.29, 0.717) is 30.4 Å². The van der Waals surface area contributed by atoms with Crippen LogP contribution in [-0.2, 0) is 10.0 Å². The SMILES string of the molecule is COc1ccc(-c2noc(C3CC(NS(=O)(=O)c4ccc(OC)cc4)CN3C)n2)cc1. The molecule has 0 saturated carbocycles. The minimum atomic E-state index is -3.65. The van der Waals surface area contributed by atoms with Crippen molar-refractivity contribution >= 4 is 10.0 Å². The van der Waals surface area contributed by atoms with Crippen molar-refractivity contribution in [1.82, 2.24) is 19.8 Å². The number of methoxy groups -OCH3 is 2. The third-order valence-corrected chi connectivity index (χ3v) is 6.85. The molecule has 4 rings (SSSR count). The molecule has 0 amide bonds. The molecule has 2 aromatic carbocycles. The van der Waals surface area contributed by atoms with Gasteiger partial charge >= 0.3 is 0 Å². The minimum absolute atomic E-state index is 0.178. The van der Waals surface area contributed by atoms with Gasteiger partial charge in [-0.2, -0.15) is 4.98 Å². The van der Waals surface area contributed by atoms with Crippen molar-refractivity contribution in [2.45, 2.75) is 23.4 Å². The molecule has 2 unspecified atom stereocenters. The predicted molar refractivity (Wildman–Crippen MR) is 113 cm³/mol. The van der Waals surface area contributed by atoms with E-state index < -0.39 is 10.0 Å². The summed E-state index contributed by atoms with van der Waals surface area (Å²) in [4.78, 5) is 6.73. The number of benzene rings is 2. The fourth-order valence-corrected chi connectivity index (χ4v) is 4.88. The Morgan fingerprint density at radius 3 is 2.26 bits per heavy atom. The zero-order valence-electron chi connectivity index (χ0n) is 17.5. The number of hydrogen-bond donors (Lipinski definition) is 1. The number of ether oxygens (including phenoxy) is 2. The normalized spacial score (nSPS) is 19.5. The van der Waals surface area contributed by atoms with E-state index in [1.165, 1.54) is 19.2 Å². The third-order valence-electron chi connectivity index (χ3n) is 5.31. The Morgan fingerprint density at radius 1 is 1.03 bits per heavy atom. The molecule has 1 aliphatic rings. The molecule has 0 aliphatic carbocycles. The highest BCUT2D eigenvalue weighted by Gasteiger charge is 2.36. The van der Waals surface area contributed by atoms with Crippen molar-refractivity contribution < 1.29 is 22.4 Å². The second kappa shape index (κ2) is 8.66. The van der Waals surface area contributed by atoms with Crippen molar-refractivity contribution in [3.8, 4) is 22.9 Å². The van der Waals surface area contributed by atoms with E-state index in [9.17, 15) is 8.42 Å². The summed E-state index contributed by atoms with van der Waals surface area (Å²) in [6.45, 7) is 0.528.